The van der Waals surface area contributed by atoms with E-state index in [1.54, 1.807) is 54.6 Å². The number of fused-ring (bicyclic) bond motifs is 2. The Hall–Kier alpha value is -4.24. The van der Waals surface area contributed by atoms with Gasteiger partial charge in [0.1, 0.15) is 11.1 Å². The molecule has 6 aromatic rings. The Bertz CT molecular complexity index is 1820. The van der Waals surface area contributed by atoms with Crippen molar-refractivity contribution in [2.75, 3.05) is 5.32 Å². The number of carbonyl (C=O) groups is 1. The summed E-state index contributed by atoms with van der Waals surface area (Å²) < 4.78 is 12.4. The normalized spacial score (nSPS) is 11.1. The van der Waals surface area contributed by atoms with Gasteiger partial charge in [-0.05, 0) is 88.8 Å². The predicted molar refractivity (Wildman–Crippen MR) is 148 cm³/mol. The molecule has 0 aliphatic heterocycles. The van der Waals surface area contributed by atoms with Crippen LogP contribution in [-0.2, 0) is 0 Å². The molecule has 7 heteroatoms. The van der Waals surface area contributed by atoms with E-state index in [0.29, 0.717) is 45.0 Å². The molecule has 2 aromatic heterocycles. The molecule has 1 N–H and O–H groups in total. The molecular formula is C29H17IN2O4. The number of nitrogens with one attached hydrogen (secondary N) is 1. The number of rotatable bonds is 4. The summed E-state index contributed by atoms with van der Waals surface area (Å²) >= 11 is 2.25. The standard InChI is InChI=1S/C29H17IN2O4/c30-21-6-3-5-20(14-21)28-32-24-16-22(12-13-26(24)35-28)31-27(33)18-10-8-17(9-11-18)23-15-19-4-1-2-7-25(19)36-29(23)34/h1-16H,(H,31,33). The summed E-state index contributed by atoms with van der Waals surface area (Å²) in [6.45, 7) is 0. The molecule has 0 saturated heterocycles. The summed E-state index contributed by atoms with van der Waals surface area (Å²) in [7, 11) is 0. The maximum Gasteiger partial charge on any atom is 0.344 e. The summed E-state index contributed by atoms with van der Waals surface area (Å²) in [5.74, 6) is 0.258. The van der Waals surface area contributed by atoms with Crippen LogP contribution in [-0.4, -0.2) is 10.9 Å². The monoisotopic (exact) mass is 584 g/mol. The summed E-state index contributed by atoms with van der Waals surface area (Å²) in [5.41, 5.74) is 4.50. The molecule has 0 spiro atoms. The van der Waals surface area contributed by atoms with Gasteiger partial charge in [0.2, 0.25) is 5.89 Å². The zero-order valence-corrected chi connectivity index (χ0v) is 20.9. The van der Waals surface area contributed by atoms with Crippen LogP contribution in [0.1, 0.15) is 10.4 Å². The quantitative estimate of drug-likeness (QED) is 0.176. The Kier molecular flexibility index (Phi) is 5.61. The predicted octanol–water partition coefficient (Wildman–Crippen LogP) is 7.13. The minimum Gasteiger partial charge on any atom is -0.436 e. The van der Waals surface area contributed by atoms with Crippen LogP contribution in [0, 0.1) is 3.57 Å². The van der Waals surface area contributed by atoms with Crippen LogP contribution in [0.3, 0.4) is 0 Å². The van der Waals surface area contributed by atoms with Crippen LogP contribution in [0.5, 0.6) is 0 Å². The molecule has 2 heterocycles. The first-order valence-electron chi connectivity index (χ1n) is 11.1. The number of halogens is 1. The van der Waals surface area contributed by atoms with Crippen LogP contribution in [0.15, 0.2) is 111 Å². The highest BCUT2D eigenvalue weighted by Crippen LogP contribution is 2.27. The summed E-state index contributed by atoms with van der Waals surface area (Å²) in [4.78, 5) is 29.9. The molecule has 36 heavy (non-hydrogen) atoms. The first kappa shape index (κ1) is 22.2. The number of carbonyl (C=O) groups excluding carboxylic acids is 1. The largest absolute Gasteiger partial charge is 0.436 e. The summed E-state index contributed by atoms with van der Waals surface area (Å²) in [6.07, 6.45) is 0. The van der Waals surface area contributed by atoms with Crippen LogP contribution >= 0.6 is 22.6 Å². The van der Waals surface area contributed by atoms with Crippen molar-refractivity contribution in [3.05, 3.63) is 117 Å². The van der Waals surface area contributed by atoms with Gasteiger partial charge >= 0.3 is 5.63 Å². The van der Waals surface area contributed by atoms with Crippen molar-refractivity contribution in [1.29, 1.82) is 0 Å². The zero-order chi connectivity index (χ0) is 24.6. The average Bonchev–Trinajstić information content (AvgIpc) is 3.32. The fraction of sp³-hybridized carbons (Fsp3) is 0. The molecular weight excluding hydrogens is 567 g/mol. The van der Waals surface area contributed by atoms with Gasteiger partial charge in [-0.2, -0.15) is 0 Å². The van der Waals surface area contributed by atoms with Crippen molar-refractivity contribution >= 4 is 56.3 Å². The molecule has 0 fully saturated rings. The minimum atomic E-state index is -0.420. The number of para-hydroxylation sites is 1. The van der Waals surface area contributed by atoms with Crippen molar-refractivity contribution in [2.24, 2.45) is 0 Å². The van der Waals surface area contributed by atoms with E-state index in [0.717, 1.165) is 14.5 Å². The van der Waals surface area contributed by atoms with E-state index in [-0.39, 0.29) is 5.91 Å². The molecule has 174 valence electrons. The van der Waals surface area contributed by atoms with E-state index in [4.69, 9.17) is 8.83 Å². The third kappa shape index (κ3) is 4.29. The Morgan fingerprint density at radius 2 is 1.61 bits per heavy atom. The number of amides is 1. The molecule has 0 unspecified atom stereocenters. The second-order valence-electron chi connectivity index (χ2n) is 8.23. The second-order valence-corrected chi connectivity index (χ2v) is 9.47. The van der Waals surface area contributed by atoms with E-state index in [1.807, 2.05) is 42.5 Å². The van der Waals surface area contributed by atoms with Crippen LogP contribution in [0.2, 0.25) is 0 Å². The number of anilines is 1. The number of hydrogen-bond acceptors (Lipinski definition) is 5. The first-order valence-corrected chi connectivity index (χ1v) is 12.2. The van der Waals surface area contributed by atoms with Gasteiger partial charge < -0.3 is 14.2 Å². The molecule has 1 amide bonds. The van der Waals surface area contributed by atoms with Gasteiger partial charge in [0.05, 0.1) is 5.56 Å². The number of benzene rings is 4. The van der Waals surface area contributed by atoms with E-state index in [9.17, 15) is 9.59 Å². The Morgan fingerprint density at radius 1 is 0.778 bits per heavy atom. The first-order chi connectivity index (χ1) is 17.5. The Morgan fingerprint density at radius 3 is 2.44 bits per heavy atom. The highest BCUT2D eigenvalue weighted by molar-refractivity contribution is 14.1. The van der Waals surface area contributed by atoms with Gasteiger partial charge in [0, 0.05) is 25.8 Å². The summed E-state index contributed by atoms with van der Waals surface area (Å²) in [6, 6.07) is 29.2. The van der Waals surface area contributed by atoms with Crippen molar-refractivity contribution in [2.45, 2.75) is 0 Å². The lowest BCUT2D eigenvalue weighted by Crippen LogP contribution is -2.11. The second kappa shape index (κ2) is 9.09. The van der Waals surface area contributed by atoms with Gasteiger partial charge in [-0.1, -0.05) is 36.4 Å². The molecule has 0 bridgehead atoms. The van der Waals surface area contributed by atoms with Crippen molar-refractivity contribution < 1.29 is 13.6 Å². The maximum absolute atomic E-state index is 12.9. The molecule has 4 aromatic carbocycles. The third-order valence-corrected chi connectivity index (χ3v) is 6.49. The van der Waals surface area contributed by atoms with Gasteiger partial charge in [0.25, 0.3) is 5.91 Å². The Balaban J connectivity index is 1.23. The van der Waals surface area contributed by atoms with E-state index < -0.39 is 5.63 Å². The molecule has 0 atom stereocenters. The van der Waals surface area contributed by atoms with E-state index in [1.165, 1.54) is 0 Å². The number of hydrogen-bond donors (Lipinski definition) is 1. The smallest absolute Gasteiger partial charge is 0.344 e. The van der Waals surface area contributed by atoms with Gasteiger partial charge in [0.15, 0.2) is 5.58 Å². The van der Waals surface area contributed by atoms with E-state index in [2.05, 4.69) is 32.9 Å². The number of nitrogens with zero attached hydrogens (tertiary/aromatic N) is 1. The van der Waals surface area contributed by atoms with Crippen molar-refractivity contribution in [1.82, 2.24) is 4.98 Å². The minimum absolute atomic E-state index is 0.271. The van der Waals surface area contributed by atoms with Crippen LogP contribution in [0.4, 0.5) is 5.69 Å². The van der Waals surface area contributed by atoms with E-state index >= 15 is 0 Å². The van der Waals surface area contributed by atoms with Gasteiger partial charge in [-0.15, -0.1) is 0 Å². The molecule has 0 aliphatic rings. The number of aromatic nitrogens is 1. The lowest BCUT2D eigenvalue weighted by Gasteiger charge is -2.07. The molecule has 6 nitrogen and oxygen atoms in total. The van der Waals surface area contributed by atoms with Crippen LogP contribution in [0.25, 0.3) is 44.7 Å². The van der Waals surface area contributed by atoms with Crippen molar-refractivity contribution in [3.63, 3.8) is 0 Å². The molecule has 0 radical (unpaired) electrons. The SMILES string of the molecule is O=C(Nc1ccc2oc(-c3cccc(I)c3)nc2c1)c1ccc(-c2cc3ccccc3oc2=O)cc1. The van der Waals surface area contributed by atoms with Gasteiger partial charge in [-0.3, -0.25) is 4.79 Å². The zero-order valence-electron chi connectivity index (χ0n) is 18.7. The highest BCUT2D eigenvalue weighted by atomic mass is 127. The highest BCUT2D eigenvalue weighted by Gasteiger charge is 2.13. The van der Waals surface area contributed by atoms with Gasteiger partial charge in [-0.25, -0.2) is 9.78 Å². The summed E-state index contributed by atoms with van der Waals surface area (Å²) in [5, 5.41) is 3.74. The molecule has 0 aliphatic carbocycles. The fourth-order valence-corrected chi connectivity index (χ4v) is 4.56. The van der Waals surface area contributed by atoms with Crippen molar-refractivity contribution in [3.8, 4) is 22.6 Å². The molecule has 6 rings (SSSR count). The Labute approximate surface area is 218 Å². The lowest BCUT2D eigenvalue weighted by atomic mass is 10.0. The fourth-order valence-electron chi connectivity index (χ4n) is 4.02. The average molecular weight is 584 g/mol. The van der Waals surface area contributed by atoms with Crippen LogP contribution < -0.4 is 10.9 Å². The topological polar surface area (TPSA) is 85.3 Å². The molecule has 0 saturated carbocycles. The maximum atomic E-state index is 12.9. The number of oxazole rings is 1. The lowest BCUT2D eigenvalue weighted by molar-refractivity contribution is 0.102. The third-order valence-electron chi connectivity index (χ3n) is 5.82.